The molecule has 0 aliphatic rings. The van der Waals surface area contributed by atoms with E-state index in [1.807, 2.05) is 20.8 Å². The average Bonchev–Trinajstić information content (AvgIpc) is 2.69. The molecule has 1 heterocycles. The lowest BCUT2D eigenvalue weighted by molar-refractivity contribution is -0.139. The van der Waals surface area contributed by atoms with Crippen LogP contribution < -0.4 is 5.32 Å². The number of hydrogen-bond acceptors (Lipinski definition) is 4. The number of amides is 1. The maximum atomic E-state index is 12.1. The first-order valence-corrected chi connectivity index (χ1v) is 7.16. The number of aryl methyl sites for hydroxylation is 2. The van der Waals surface area contributed by atoms with Gasteiger partial charge in [0, 0.05) is 0 Å². The third kappa shape index (κ3) is 4.31. The van der Waals surface area contributed by atoms with E-state index in [-0.39, 0.29) is 11.8 Å². The lowest BCUT2D eigenvalue weighted by Crippen LogP contribution is -2.41. The summed E-state index contributed by atoms with van der Waals surface area (Å²) in [4.78, 5) is 28.0. The Kier molecular flexibility index (Phi) is 5.47. The van der Waals surface area contributed by atoms with Crippen LogP contribution >= 0.6 is 11.3 Å². The zero-order chi connectivity index (χ0) is 14.6. The summed E-state index contributed by atoms with van der Waals surface area (Å²) in [6.45, 7) is 7.59. The van der Waals surface area contributed by atoms with Crippen molar-refractivity contribution in [3.63, 3.8) is 0 Å². The molecule has 5 nitrogen and oxygen atoms in total. The van der Waals surface area contributed by atoms with Crippen LogP contribution in [0, 0.1) is 12.8 Å². The molecule has 1 aromatic rings. The summed E-state index contributed by atoms with van der Waals surface area (Å²) in [6, 6.07) is -0.848. The van der Waals surface area contributed by atoms with Crippen LogP contribution in [-0.2, 0) is 11.2 Å². The van der Waals surface area contributed by atoms with Crippen LogP contribution in [-0.4, -0.2) is 28.0 Å². The molecule has 1 amide bonds. The van der Waals surface area contributed by atoms with Gasteiger partial charge in [0.25, 0.3) is 5.91 Å². The van der Waals surface area contributed by atoms with Crippen LogP contribution in [0.5, 0.6) is 0 Å². The second kappa shape index (κ2) is 6.65. The summed E-state index contributed by atoms with van der Waals surface area (Å²) in [6.07, 6.45) is 1.19. The Morgan fingerprint density at radius 1 is 1.42 bits per heavy atom. The van der Waals surface area contributed by atoms with Crippen LogP contribution in [0.1, 0.15) is 47.6 Å². The molecule has 1 rings (SSSR count). The zero-order valence-corrected chi connectivity index (χ0v) is 12.5. The molecule has 0 fully saturated rings. The zero-order valence-electron chi connectivity index (χ0n) is 11.7. The topological polar surface area (TPSA) is 79.3 Å². The summed E-state index contributed by atoms with van der Waals surface area (Å²) in [5, 5.41) is 12.6. The number of nitrogens with one attached hydrogen (secondary N) is 1. The molecule has 1 atom stereocenters. The molecule has 2 N–H and O–H groups in total. The van der Waals surface area contributed by atoms with Crippen molar-refractivity contribution in [2.45, 2.75) is 46.6 Å². The molecular weight excluding hydrogens is 264 g/mol. The van der Waals surface area contributed by atoms with Gasteiger partial charge in [0.05, 0.1) is 10.7 Å². The highest BCUT2D eigenvalue weighted by Gasteiger charge is 2.23. The van der Waals surface area contributed by atoms with Crippen molar-refractivity contribution < 1.29 is 14.7 Å². The molecule has 0 aliphatic carbocycles. The SMILES string of the molecule is CCc1nc(C)c(C(=O)N[C@H](CC(C)C)C(=O)O)s1. The van der Waals surface area contributed by atoms with Gasteiger partial charge in [0.2, 0.25) is 0 Å². The van der Waals surface area contributed by atoms with E-state index in [0.717, 1.165) is 11.4 Å². The first kappa shape index (κ1) is 15.6. The molecule has 106 valence electrons. The minimum Gasteiger partial charge on any atom is -0.480 e. The van der Waals surface area contributed by atoms with Crippen LogP contribution in [0.25, 0.3) is 0 Å². The van der Waals surface area contributed by atoms with E-state index in [9.17, 15) is 9.59 Å². The largest absolute Gasteiger partial charge is 0.480 e. The second-order valence-electron chi connectivity index (χ2n) is 4.87. The normalized spacial score (nSPS) is 12.5. The highest BCUT2D eigenvalue weighted by atomic mass is 32.1. The van der Waals surface area contributed by atoms with Gasteiger partial charge in [-0.05, 0) is 25.7 Å². The number of carboxylic acid groups (broad SMARTS) is 1. The molecule has 6 heteroatoms. The third-order valence-corrected chi connectivity index (χ3v) is 3.96. The molecule has 0 aromatic carbocycles. The molecule has 0 radical (unpaired) electrons. The second-order valence-corrected chi connectivity index (χ2v) is 5.95. The van der Waals surface area contributed by atoms with Crippen LogP contribution in [0.15, 0.2) is 0 Å². The molecule has 0 spiro atoms. The molecule has 0 saturated heterocycles. The lowest BCUT2D eigenvalue weighted by Gasteiger charge is -2.15. The maximum Gasteiger partial charge on any atom is 0.326 e. The van der Waals surface area contributed by atoms with Crippen molar-refractivity contribution in [1.82, 2.24) is 10.3 Å². The average molecular weight is 284 g/mol. The molecular formula is C13H20N2O3S. The Balaban J connectivity index is 2.81. The smallest absolute Gasteiger partial charge is 0.326 e. The Morgan fingerprint density at radius 3 is 2.47 bits per heavy atom. The highest BCUT2D eigenvalue weighted by molar-refractivity contribution is 7.13. The molecule has 0 bridgehead atoms. The van der Waals surface area contributed by atoms with Gasteiger partial charge < -0.3 is 10.4 Å². The predicted octanol–water partition coefficient (Wildman–Crippen LogP) is 2.24. The Labute approximate surface area is 117 Å². The number of aliphatic carboxylic acids is 1. The minimum absolute atomic E-state index is 0.204. The first-order chi connectivity index (χ1) is 8.85. The van der Waals surface area contributed by atoms with Crippen molar-refractivity contribution in [2.75, 3.05) is 0 Å². The fraction of sp³-hybridized carbons (Fsp3) is 0.615. The maximum absolute atomic E-state index is 12.1. The first-order valence-electron chi connectivity index (χ1n) is 6.35. The van der Waals surface area contributed by atoms with E-state index in [4.69, 9.17) is 5.11 Å². The number of aromatic nitrogens is 1. The van der Waals surface area contributed by atoms with Crippen molar-refractivity contribution in [1.29, 1.82) is 0 Å². The van der Waals surface area contributed by atoms with E-state index >= 15 is 0 Å². The van der Waals surface area contributed by atoms with Crippen molar-refractivity contribution in [2.24, 2.45) is 5.92 Å². The van der Waals surface area contributed by atoms with Crippen LogP contribution in [0.2, 0.25) is 0 Å². The summed E-state index contributed by atoms with van der Waals surface area (Å²) in [5.74, 6) is -1.14. The van der Waals surface area contributed by atoms with E-state index in [1.165, 1.54) is 11.3 Å². The highest BCUT2D eigenvalue weighted by Crippen LogP contribution is 2.19. The molecule has 0 unspecified atom stereocenters. The van der Waals surface area contributed by atoms with E-state index < -0.39 is 12.0 Å². The number of carbonyl (C=O) groups excluding carboxylic acids is 1. The summed E-state index contributed by atoms with van der Waals surface area (Å²) in [5.41, 5.74) is 0.660. The predicted molar refractivity (Wildman–Crippen MR) is 74.6 cm³/mol. The van der Waals surface area contributed by atoms with Gasteiger partial charge in [-0.3, -0.25) is 4.79 Å². The number of rotatable bonds is 6. The molecule has 0 aliphatic heterocycles. The minimum atomic E-state index is -1.00. The van der Waals surface area contributed by atoms with Gasteiger partial charge in [0.1, 0.15) is 10.9 Å². The standard InChI is InChI=1S/C13H20N2O3S/c1-5-10-14-8(4)11(19-10)12(16)15-9(13(17)18)6-7(2)3/h7,9H,5-6H2,1-4H3,(H,15,16)(H,17,18)/t9-/m1/s1. The number of carbonyl (C=O) groups is 2. The van der Waals surface area contributed by atoms with Gasteiger partial charge in [-0.1, -0.05) is 20.8 Å². The van der Waals surface area contributed by atoms with E-state index in [2.05, 4.69) is 10.3 Å². The monoisotopic (exact) mass is 284 g/mol. The summed E-state index contributed by atoms with van der Waals surface area (Å²) < 4.78 is 0. The van der Waals surface area contributed by atoms with Crippen molar-refractivity contribution >= 4 is 23.2 Å². The number of carboxylic acids is 1. The van der Waals surface area contributed by atoms with Gasteiger partial charge in [-0.25, -0.2) is 9.78 Å². The Bertz CT molecular complexity index is 468. The van der Waals surface area contributed by atoms with Crippen molar-refractivity contribution in [3.8, 4) is 0 Å². The third-order valence-electron chi connectivity index (χ3n) is 2.66. The fourth-order valence-corrected chi connectivity index (χ4v) is 2.64. The lowest BCUT2D eigenvalue weighted by atomic mass is 10.0. The molecule has 19 heavy (non-hydrogen) atoms. The summed E-state index contributed by atoms with van der Waals surface area (Å²) in [7, 11) is 0. The molecule has 0 saturated carbocycles. The summed E-state index contributed by atoms with van der Waals surface area (Å²) >= 11 is 1.32. The Hall–Kier alpha value is -1.43. The van der Waals surface area contributed by atoms with Gasteiger partial charge in [-0.15, -0.1) is 11.3 Å². The fourth-order valence-electron chi connectivity index (χ4n) is 1.73. The van der Waals surface area contributed by atoms with Crippen molar-refractivity contribution in [3.05, 3.63) is 15.6 Å². The van der Waals surface area contributed by atoms with E-state index in [0.29, 0.717) is 17.0 Å². The van der Waals surface area contributed by atoms with Crippen LogP contribution in [0.4, 0.5) is 0 Å². The van der Waals surface area contributed by atoms with E-state index in [1.54, 1.807) is 6.92 Å². The Morgan fingerprint density at radius 2 is 2.05 bits per heavy atom. The van der Waals surface area contributed by atoms with Gasteiger partial charge in [0.15, 0.2) is 0 Å². The number of thiazole rings is 1. The number of nitrogens with zero attached hydrogens (tertiary/aromatic N) is 1. The number of hydrogen-bond donors (Lipinski definition) is 2. The van der Waals surface area contributed by atoms with Gasteiger partial charge >= 0.3 is 5.97 Å². The van der Waals surface area contributed by atoms with Gasteiger partial charge in [-0.2, -0.15) is 0 Å². The quantitative estimate of drug-likeness (QED) is 0.839. The molecule has 1 aromatic heterocycles. The van der Waals surface area contributed by atoms with Crippen LogP contribution in [0.3, 0.4) is 0 Å².